The summed E-state index contributed by atoms with van der Waals surface area (Å²) in [6, 6.07) is 17.8. The van der Waals surface area contributed by atoms with Crippen LogP contribution in [0.5, 0.6) is 5.75 Å². The summed E-state index contributed by atoms with van der Waals surface area (Å²) in [6.07, 6.45) is 7.31. The van der Waals surface area contributed by atoms with Crippen molar-refractivity contribution in [1.29, 1.82) is 5.26 Å². The number of sulfone groups is 1. The highest BCUT2D eigenvalue weighted by Crippen LogP contribution is 2.34. The number of fused-ring (bicyclic) bond motifs is 1. The zero-order chi connectivity index (χ0) is 26.5. The molecular weight excluding hydrogens is 500 g/mol. The minimum atomic E-state index is -3.74. The largest absolute Gasteiger partial charge is 0.493 e. The average molecular weight is 527 g/mol. The van der Waals surface area contributed by atoms with Gasteiger partial charge in [-0.3, -0.25) is 4.79 Å². The Morgan fingerprint density at radius 2 is 1.89 bits per heavy atom. The molecule has 4 aromatic rings. The quantitative estimate of drug-likeness (QED) is 0.319. The van der Waals surface area contributed by atoms with Crippen molar-refractivity contribution in [3.05, 3.63) is 107 Å². The highest BCUT2D eigenvalue weighted by atomic mass is 32.2. The molecule has 1 aliphatic rings. The van der Waals surface area contributed by atoms with E-state index in [0.29, 0.717) is 61.3 Å². The number of Topliss-reactive ketones (excluding diaryl/α,β-unsaturated/α-hetero) is 1. The van der Waals surface area contributed by atoms with E-state index in [1.807, 2.05) is 16.7 Å². The smallest absolute Gasteiger partial charge is 0.199 e. The normalized spacial score (nSPS) is 13.1. The van der Waals surface area contributed by atoms with Crippen LogP contribution in [0.3, 0.4) is 0 Å². The number of carbonyl (C=O) groups excluding carboxylic acids is 1. The molecule has 0 saturated carbocycles. The van der Waals surface area contributed by atoms with E-state index in [9.17, 15) is 13.2 Å². The molecule has 0 fully saturated rings. The summed E-state index contributed by atoms with van der Waals surface area (Å²) in [5.41, 5.74) is 4.49. The third kappa shape index (κ3) is 5.50. The minimum Gasteiger partial charge on any atom is -0.493 e. The van der Waals surface area contributed by atoms with Gasteiger partial charge in [0.15, 0.2) is 20.6 Å². The van der Waals surface area contributed by atoms with E-state index in [4.69, 9.17) is 10.00 Å². The lowest BCUT2D eigenvalue weighted by Crippen LogP contribution is -2.17. The van der Waals surface area contributed by atoms with Gasteiger partial charge in [0.1, 0.15) is 5.75 Å². The minimum absolute atomic E-state index is 0.00241. The first-order chi connectivity index (χ1) is 18.4. The van der Waals surface area contributed by atoms with Crippen LogP contribution in [0.1, 0.15) is 51.1 Å². The van der Waals surface area contributed by atoms with E-state index in [-0.39, 0.29) is 16.6 Å². The van der Waals surface area contributed by atoms with Crippen LogP contribution in [-0.4, -0.2) is 35.3 Å². The van der Waals surface area contributed by atoms with Crippen molar-refractivity contribution in [3.63, 3.8) is 0 Å². The maximum atomic E-state index is 13.2. The zero-order valence-electron chi connectivity index (χ0n) is 20.7. The molecule has 2 aromatic heterocycles. The SMILES string of the molecule is N#Cc1ccc(Cn2cncc2CCOc2ccc3c(c2CS(=O)(=O)c2ccccn2)CCCC3=O)cc1. The number of ketones is 1. The number of carbonyl (C=O) groups is 1. The summed E-state index contributed by atoms with van der Waals surface area (Å²) in [5.74, 6) is 0.212. The first-order valence-corrected chi connectivity index (χ1v) is 14.0. The van der Waals surface area contributed by atoms with Crippen LogP contribution in [0.2, 0.25) is 0 Å². The van der Waals surface area contributed by atoms with Crippen LogP contribution in [0.15, 0.2) is 78.3 Å². The number of nitrogens with zero attached hydrogens (tertiary/aromatic N) is 4. The fourth-order valence-electron chi connectivity index (χ4n) is 4.71. The van der Waals surface area contributed by atoms with Crippen molar-refractivity contribution >= 4 is 15.6 Å². The Hall–Kier alpha value is -4.29. The fourth-order valence-corrected chi connectivity index (χ4v) is 6.06. The summed E-state index contributed by atoms with van der Waals surface area (Å²) >= 11 is 0. The second kappa shape index (κ2) is 11.0. The molecule has 2 heterocycles. The number of imidazole rings is 1. The topological polar surface area (TPSA) is 115 Å². The van der Waals surface area contributed by atoms with Crippen molar-refractivity contribution in [3.8, 4) is 11.8 Å². The van der Waals surface area contributed by atoms with E-state index < -0.39 is 9.84 Å². The number of hydrogen-bond donors (Lipinski definition) is 0. The number of ether oxygens (including phenoxy) is 1. The summed E-state index contributed by atoms with van der Waals surface area (Å²) in [4.78, 5) is 20.9. The fraction of sp³-hybridized carbons (Fsp3) is 0.241. The first-order valence-electron chi connectivity index (χ1n) is 12.4. The predicted octanol–water partition coefficient (Wildman–Crippen LogP) is 4.31. The van der Waals surface area contributed by atoms with E-state index in [1.54, 1.807) is 48.9 Å². The highest BCUT2D eigenvalue weighted by molar-refractivity contribution is 7.90. The molecule has 0 saturated heterocycles. The molecule has 8 nitrogen and oxygen atoms in total. The maximum Gasteiger partial charge on any atom is 0.199 e. The Morgan fingerprint density at radius 3 is 2.66 bits per heavy atom. The summed E-state index contributed by atoms with van der Waals surface area (Å²) in [6.45, 7) is 0.915. The third-order valence-corrected chi connectivity index (χ3v) is 8.21. The Balaban J connectivity index is 1.35. The molecule has 1 aliphatic carbocycles. The van der Waals surface area contributed by atoms with E-state index in [0.717, 1.165) is 16.8 Å². The molecule has 0 N–H and O–H groups in total. The molecule has 0 amide bonds. The van der Waals surface area contributed by atoms with Gasteiger partial charge in [-0.1, -0.05) is 18.2 Å². The Bertz CT molecular complexity index is 1600. The number of benzene rings is 2. The van der Waals surface area contributed by atoms with Crippen LogP contribution < -0.4 is 4.74 Å². The van der Waals surface area contributed by atoms with Crippen molar-refractivity contribution in [1.82, 2.24) is 14.5 Å². The van der Waals surface area contributed by atoms with Gasteiger partial charge >= 0.3 is 0 Å². The maximum absolute atomic E-state index is 13.2. The second-order valence-electron chi connectivity index (χ2n) is 9.19. The molecule has 0 atom stereocenters. The van der Waals surface area contributed by atoms with Gasteiger partial charge in [-0.05, 0) is 60.4 Å². The van der Waals surface area contributed by atoms with Gasteiger partial charge in [-0.2, -0.15) is 5.26 Å². The molecule has 0 aliphatic heterocycles. The number of nitriles is 1. The van der Waals surface area contributed by atoms with E-state index in [2.05, 4.69) is 16.0 Å². The lowest BCUT2D eigenvalue weighted by atomic mass is 9.87. The monoisotopic (exact) mass is 526 g/mol. The van der Waals surface area contributed by atoms with Crippen molar-refractivity contribution in [2.75, 3.05) is 6.61 Å². The summed E-state index contributed by atoms with van der Waals surface area (Å²) in [5, 5.41) is 9.00. The van der Waals surface area contributed by atoms with Gasteiger partial charge in [-0.15, -0.1) is 0 Å². The molecule has 192 valence electrons. The number of rotatable bonds is 9. The number of hydrogen-bond acceptors (Lipinski definition) is 7. The molecule has 38 heavy (non-hydrogen) atoms. The van der Waals surface area contributed by atoms with Gasteiger partial charge in [0, 0.05) is 48.6 Å². The third-order valence-electron chi connectivity index (χ3n) is 6.66. The van der Waals surface area contributed by atoms with Crippen LogP contribution in [-0.2, 0) is 35.0 Å². The molecule has 2 aromatic carbocycles. The van der Waals surface area contributed by atoms with Gasteiger partial charge < -0.3 is 9.30 Å². The van der Waals surface area contributed by atoms with Crippen LogP contribution in [0.25, 0.3) is 0 Å². The Morgan fingerprint density at radius 1 is 1.05 bits per heavy atom. The van der Waals surface area contributed by atoms with Gasteiger partial charge in [0.25, 0.3) is 0 Å². The number of aromatic nitrogens is 3. The van der Waals surface area contributed by atoms with Gasteiger partial charge in [0.2, 0.25) is 0 Å². The standard InChI is InChI=1S/C29H26N4O4S/c30-16-21-7-9-22(10-8-21)18-33-20-31-17-23(33)13-15-37-28-12-11-25-24(4-3-5-27(25)34)26(28)19-38(35,36)29-6-1-2-14-32-29/h1-2,6-12,14,17,20H,3-5,13,15,18-19H2. The van der Waals surface area contributed by atoms with Crippen LogP contribution >= 0.6 is 0 Å². The highest BCUT2D eigenvalue weighted by Gasteiger charge is 2.27. The van der Waals surface area contributed by atoms with Crippen molar-refractivity contribution in [2.24, 2.45) is 0 Å². The molecule has 5 rings (SSSR count). The molecule has 9 heteroatoms. The molecule has 0 radical (unpaired) electrons. The number of pyridine rings is 1. The Kier molecular flexibility index (Phi) is 7.33. The molecular formula is C29H26N4O4S. The first kappa shape index (κ1) is 25.4. The lowest BCUT2D eigenvalue weighted by molar-refractivity contribution is 0.0972. The lowest BCUT2D eigenvalue weighted by Gasteiger charge is -2.22. The summed E-state index contributed by atoms with van der Waals surface area (Å²) < 4.78 is 34.6. The average Bonchev–Trinajstić information content (AvgIpc) is 3.37. The van der Waals surface area contributed by atoms with E-state index in [1.165, 1.54) is 12.3 Å². The molecule has 0 spiro atoms. The van der Waals surface area contributed by atoms with Gasteiger partial charge in [-0.25, -0.2) is 18.4 Å². The zero-order valence-corrected chi connectivity index (χ0v) is 21.5. The van der Waals surface area contributed by atoms with E-state index >= 15 is 0 Å². The molecule has 0 bridgehead atoms. The molecule has 0 unspecified atom stereocenters. The van der Waals surface area contributed by atoms with Crippen LogP contribution in [0.4, 0.5) is 0 Å². The van der Waals surface area contributed by atoms with Crippen LogP contribution in [0, 0.1) is 11.3 Å². The Labute approximate surface area is 221 Å². The van der Waals surface area contributed by atoms with Gasteiger partial charge in [0.05, 0.1) is 30.3 Å². The summed E-state index contributed by atoms with van der Waals surface area (Å²) in [7, 11) is -3.74. The second-order valence-corrected chi connectivity index (χ2v) is 11.1. The van der Waals surface area contributed by atoms with Crippen molar-refractivity contribution in [2.45, 2.75) is 43.0 Å². The van der Waals surface area contributed by atoms with Crippen molar-refractivity contribution < 1.29 is 17.9 Å². The predicted molar refractivity (Wildman–Crippen MR) is 141 cm³/mol.